The molecule has 41 heavy (non-hydrogen) atoms. The van der Waals surface area contributed by atoms with Crippen molar-refractivity contribution in [3.63, 3.8) is 0 Å². The van der Waals surface area contributed by atoms with E-state index < -0.39 is 0 Å². The molecule has 0 saturated carbocycles. The SMILES string of the molecule is CCc1c2cc(C(C)(C)C)cc1CSCc1cc(C(C)(C)C)cc(c1C)Cc1cc(C(C)(C)C)cc(c1C)CSC2. The molecule has 0 nitrogen and oxygen atoms in total. The Bertz CT molecular complexity index is 1310. The van der Waals surface area contributed by atoms with Crippen LogP contribution in [0.1, 0.15) is 136 Å². The molecule has 0 aromatic heterocycles. The van der Waals surface area contributed by atoms with Crippen LogP contribution < -0.4 is 0 Å². The van der Waals surface area contributed by atoms with Crippen LogP contribution in [0.2, 0.25) is 0 Å². The molecule has 0 fully saturated rings. The number of rotatable bonds is 1. The molecule has 0 radical (unpaired) electrons. The molecule has 0 amide bonds. The molecular weight excluding hydrogens is 533 g/mol. The van der Waals surface area contributed by atoms with E-state index in [0.29, 0.717) is 0 Å². The highest BCUT2D eigenvalue weighted by molar-refractivity contribution is 7.98. The van der Waals surface area contributed by atoms with Crippen LogP contribution >= 0.6 is 23.5 Å². The summed E-state index contributed by atoms with van der Waals surface area (Å²) in [5, 5.41) is 0. The average molecular weight is 587 g/mol. The minimum absolute atomic E-state index is 0.123. The van der Waals surface area contributed by atoms with E-state index in [9.17, 15) is 0 Å². The monoisotopic (exact) mass is 586 g/mol. The van der Waals surface area contributed by atoms with Gasteiger partial charge in [-0.3, -0.25) is 0 Å². The second-order valence-corrected chi connectivity index (χ2v) is 17.3. The van der Waals surface area contributed by atoms with E-state index in [4.69, 9.17) is 0 Å². The molecule has 1 aliphatic rings. The summed E-state index contributed by atoms with van der Waals surface area (Å²) >= 11 is 4.20. The van der Waals surface area contributed by atoms with Crippen LogP contribution in [-0.4, -0.2) is 0 Å². The first kappa shape index (κ1) is 32.3. The Morgan fingerprint density at radius 3 is 1.10 bits per heavy atom. The molecule has 3 aromatic carbocycles. The first-order chi connectivity index (χ1) is 19.0. The van der Waals surface area contributed by atoms with Crippen molar-refractivity contribution < 1.29 is 0 Å². The smallest absolute Gasteiger partial charge is 0.0190 e. The molecule has 1 aliphatic heterocycles. The third-order valence-electron chi connectivity index (χ3n) is 9.04. The van der Waals surface area contributed by atoms with Gasteiger partial charge < -0.3 is 0 Å². The highest BCUT2D eigenvalue weighted by atomic mass is 32.2. The van der Waals surface area contributed by atoms with Gasteiger partial charge in [0.25, 0.3) is 0 Å². The summed E-state index contributed by atoms with van der Waals surface area (Å²) in [6.07, 6.45) is 2.11. The van der Waals surface area contributed by atoms with Crippen LogP contribution in [0.15, 0.2) is 36.4 Å². The molecule has 3 aromatic rings. The van der Waals surface area contributed by atoms with Crippen LogP contribution in [0, 0.1) is 13.8 Å². The van der Waals surface area contributed by atoms with Crippen LogP contribution in [0.4, 0.5) is 0 Å². The molecule has 222 valence electrons. The van der Waals surface area contributed by atoms with E-state index in [0.717, 1.165) is 35.9 Å². The van der Waals surface area contributed by atoms with E-state index >= 15 is 0 Å². The number of hydrogen-bond donors (Lipinski definition) is 0. The van der Waals surface area contributed by atoms with Gasteiger partial charge in [-0.25, -0.2) is 0 Å². The van der Waals surface area contributed by atoms with Gasteiger partial charge in [-0.05, 0) is 110 Å². The first-order valence-corrected chi connectivity index (χ1v) is 17.9. The lowest BCUT2D eigenvalue weighted by atomic mass is 9.80. The van der Waals surface area contributed by atoms with Gasteiger partial charge in [0, 0.05) is 23.0 Å². The lowest BCUT2D eigenvalue weighted by molar-refractivity contribution is 0.587. The zero-order chi connectivity index (χ0) is 30.3. The number of hydrogen-bond acceptors (Lipinski definition) is 2. The molecule has 0 saturated heterocycles. The Kier molecular flexibility index (Phi) is 9.57. The highest BCUT2D eigenvalue weighted by Gasteiger charge is 2.23. The molecule has 0 aliphatic carbocycles. The van der Waals surface area contributed by atoms with Crippen LogP contribution in [0.25, 0.3) is 0 Å². The number of benzene rings is 3. The second kappa shape index (κ2) is 12.2. The van der Waals surface area contributed by atoms with E-state index in [1.54, 1.807) is 16.7 Å². The summed E-state index contributed by atoms with van der Waals surface area (Å²) in [5.74, 6) is 4.27. The fourth-order valence-electron chi connectivity index (χ4n) is 5.90. The lowest BCUT2D eigenvalue weighted by Gasteiger charge is -2.26. The van der Waals surface area contributed by atoms with Gasteiger partial charge in [0.2, 0.25) is 0 Å². The minimum Gasteiger partial charge on any atom is -0.152 e. The number of thioether (sulfide) groups is 2. The zero-order valence-electron chi connectivity index (χ0n) is 28.0. The summed E-state index contributed by atoms with van der Waals surface area (Å²) in [4.78, 5) is 0. The van der Waals surface area contributed by atoms with Crippen LogP contribution in [-0.2, 0) is 52.1 Å². The van der Waals surface area contributed by atoms with Crippen molar-refractivity contribution >= 4 is 23.5 Å². The molecule has 0 unspecified atom stereocenters. The van der Waals surface area contributed by atoms with Gasteiger partial charge in [-0.1, -0.05) is 106 Å². The maximum absolute atomic E-state index is 2.52. The van der Waals surface area contributed by atoms with Crippen molar-refractivity contribution in [1.29, 1.82) is 0 Å². The van der Waals surface area contributed by atoms with Crippen molar-refractivity contribution in [1.82, 2.24) is 0 Å². The number of fused-ring (bicyclic) bond motifs is 6. The maximum Gasteiger partial charge on any atom is 0.0190 e. The van der Waals surface area contributed by atoms with Crippen molar-refractivity contribution in [3.8, 4) is 0 Å². The molecule has 0 atom stereocenters. The van der Waals surface area contributed by atoms with Gasteiger partial charge in [0.1, 0.15) is 0 Å². The largest absolute Gasteiger partial charge is 0.152 e. The standard InChI is InChI=1S/C39H54S2/c1-13-36-31-19-35(39(10,11)12)20-32(36)24-41-22-30-18-34(38(7,8)9)16-28(26(30)3)14-27-15-33(37(4,5)6)17-29(25(27)2)21-40-23-31/h15-20H,13-14,21-24H2,1-12H3. The molecule has 1 heterocycles. The fraction of sp³-hybridized carbons (Fsp3) is 0.538. The van der Waals surface area contributed by atoms with Crippen molar-refractivity contribution in [2.75, 3.05) is 0 Å². The van der Waals surface area contributed by atoms with E-state index in [1.807, 2.05) is 0 Å². The fourth-order valence-corrected chi connectivity index (χ4v) is 8.10. The first-order valence-electron chi connectivity index (χ1n) is 15.6. The minimum atomic E-state index is 0.123. The lowest BCUT2D eigenvalue weighted by Crippen LogP contribution is -2.15. The normalized spacial score (nSPS) is 15.2. The van der Waals surface area contributed by atoms with Gasteiger partial charge in [0.05, 0.1) is 0 Å². The zero-order valence-corrected chi connectivity index (χ0v) is 29.7. The molecule has 2 heteroatoms. The summed E-state index contributed by atoms with van der Waals surface area (Å²) in [5.41, 5.74) is 18.4. The predicted molar refractivity (Wildman–Crippen MR) is 187 cm³/mol. The molecule has 4 rings (SSSR count). The summed E-state index contributed by atoms with van der Waals surface area (Å²) < 4.78 is 0. The second-order valence-electron chi connectivity index (χ2n) is 15.4. The highest BCUT2D eigenvalue weighted by Crippen LogP contribution is 2.37. The van der Waals surface area contributed by atoms with Crippen LogP contribution in [0.5, 0.6) is 0 Å². The quantitative estimate of drug-likeness (QED) is 0.278. The van der Waals surface area contributed by atoms with Crippen LogP contribution in [0.3, 0.4) is 0 Å². The topological polar surface area (TPSA) is 0 Å². The predicted octanol–water partition coefficient (Wildman–Crippen LogP) is 11.5. The molecule has 6 bridgehead atoms. The summed E-state index contributed by atoms with van der Waals surface area (Å²) in [6, 6.07) is 15.1. The third-order valence-corrected chi connectivity index (χ3v) is 11.1. The van der Waals surface area contributed by atoms with Gasteiger partial charge in [0.15, 0.2) is 0 Å². The maximum atomic E-state index is 2.52. The Hall–Kier alpha value is -1.64. The van der Waals surface area contributed by atoms with Gasteiger partial charge in [-0.2, -0.15) is 23.5 Å². The van der Waals surface area contributed by atoms with Crippen molar-refractivity contribution in [2.24, 2.45) is 0 Å². The Morgan fingerprint density at radius 2 is 0.780 bits per heavy atom. The van der Waals surface area contributed by atoms with Gasteiger partial charge >= 0.3 is 0 Å². The molecule has 0 spiro atoms. The van der Waals surface area contributed by atoms with Gasteiger partial charge in [-0.15, -0.1) is 0 Å². The Morgan fingerprint density at radius 1 is 0.488 bits per heavy atom. The van der Waals surface area contributed by atoms with E-state index in [2.05, 4.69) is 143 Å². The summed E-state index contributed by atoms with van der Waals surface area (Å²) in [7, 11) is 0. The van der Waals surface area contributed by atoms with Crippen molar-refractivity contribution in [3.05, 3.63) is 103 Å². The van der Waals surface area contributed by atoms with E-state index in [-0.39, 0.29) is 16.2 Å². The molecule has 0 N–H and O–H groups in total. The Labute approximate surface area is 260 Å². The Balaban J connectivity index is 1.93. The summed E-state index contributed by atoms with van der Waals surface area (Å²) in [6.45, 7) is 28.3. The average Bonchev–Trinajstić information content (AvgIpc) is 2.85. The van der Waals surface area contributed by atoms with E-state index in [1.165, 1.54) is 50.1 Å². The third kappa shape index (κ3) is 7.48. The van der Waals surface area contributed by atoms with Crippen molar-refractivity contribution in [2.45, 2.75) is 135 Å². The molecular formula is C39H54S2.